The SMILES string of the molecule is C=CCN1CC(=O)N2[C@@H](Cc3ccc(O)cc3)C(=O)N(Cc3cccc(C#CC(C)(C)C)n3)C[C@@H]2N1C(=O)NCc1ccccc1. The van der Waals surface area contributed by atoms with Gasteiger partial charge in [0.25, 0.3) is 0 Å². The van der Waals surface area contributed by atoms with Crippen molar-refractivity contribution in [1.29, 1.82) is 0 Å². The summed E-state index contributed by atoms with van der Waals surface area (Å²) in [4.78, 5) is 49.8. The summed E-state index contributed by atoms with van der Waals surface area (Å²) in [6.45, 7) is 10.7. The van der Waals surface area contributed by atoms with E-state index in [1.807, 2.05) is 69.3 Å². The standard InChI is InChI=1S/C36H40N6O4/c1-5-20-40-25-33(44)41-31(21-26-14-16-30(43)17-15-26)34(45)39(23-29-13-9-12-28(38-29)18-19-36(2,3)4)24-32(41)42(40)35(46)37-22-27-10-7-6-8-11-27/h5-17,31-32,43H,1,20-25H2,2-4H3,(H,37,46)/t31-,32-/m0/s1. The summed E-state index contributed by atoms with van der Waals surface area (Å²) in [5.74, 6) is 5.93. The van der Waals surface area contributed by atoms with Gasteiger partial charge < -0.3 is 20.2 Å². The molecule has 2 aromatic carbocycles. The van der Waals surface area contributed by atoms with Crippen molar-refractivity contribution in [3.05, 3.63) is 108 Å². The predicted molar refractivity (Wildman–Crippen MR) is 175 cm³/mol. The summed E-state index contributed by atoms with van der Waals surface area (Å²) in [6.07, 6.45) is 1.08. The fourth-order valence-electron chi connectivity index (χ4n) is 5.64. The minimum atomic E-state index is -0.880. The van der Waals surface area contributed by atoms with Crippen molar-refractivity contribution in [2.45, 2.75) is 52.5 Å². The number of phenols is 1. The van der Waals surface area contributed by atoms with Crippen LogP contribution in [0, 0.1) is 17.3 Å². The monoisotopic (exact) mass is 620 g/mol. The first kappa shape index (κ1) is 32.3. The van der Waals surface area contributed by atoms with Crippen LogP contribution >= 0.6 is 0 Å². The minimum absolute atomic E-state index is 0.0859. The number of hydrogen-bond donors (Lipinski definition) is 2. The lowest BCUT2D eigenvalue weighted by molar-refractivity contribution is -0.189. The van der Waals surface area contributed by atoms with Gasteiger partial charge in [0.05, 0.1) is 25.3 Å². The van der Waals surface area contributed by atoms with Gasteiger partial charge in [-0.25, -0.2) is 19.8 Å². The van der Waals surface area contributed by atoms with E-state index in [9.17, 15) is 19.5 Å². The van der Waals surface area contributed by atoms with Gasteiger partial charge in [-0.1, -0.05) is 60.5 Å². The van der Waals surface area contributed by atoms with Crippen molar-refractivity contribution >= 4 is 17.8 Å². The fraction of sp³-hybridized carbons (Fsp3) is 0.333. The molecule has 2 saturated heterocycles. The average molecular weight is 621 g/mol. The molecule has 5 rings (SSSR count). The zero-order chi connectivity index (χ0) is 32.8. The molecule has 2 N–H and O–H groups in total. The van der Waals surface area contributed by atoms with Crippen molar-refractivity contribution in [2.75, 3.05) is 19.6 Å². The number of rotatable bonds is 8. The van der Waals surface area contributed by atoms with E-state index in [1.54, 1.807) is 50.2 Å². The number of nitrogens with zero attached hydrogens (tertiary/aromatic N) is 5. The van der Waals surface area contributed by atoms with Crippen LogP contribution in [0.5, 0.6) is 5.75 Å². The Morgan fingerprint density at radius 2 is 1.78 bits per heavy atom. The van der Waals surface area contributed by atoms with E-state index in [2.05, 4.69) is 23.7 Å². The Kier molecular flexibility index (Phi) is 9.73. The third-order valence-corrected chi connectivity index (χ3v) is 7.76. The van der Waals surface area contributed by atoms with Crippen LogP contribution in [0.3, 0.4) is 0 Å². The number of urea groups is 1. The highest BCUT2D eigenvalue weighted by Gasteiger charge is 2.51. The summed E-state index contributed by atoms with van der Waals surface area (Å²) >= 11 is 0. The van der Waals surface area contributed by atoms with Gasteiger partial charge in [-0.3, -0.25) is 9.59 Å². The number of aromatic hydroxyl groups is 1. The van der Waals surface area contributed by atoms with Crippen LogP contribution in [0.1, 0.15) is 43.3 Å². The lowest BCUT2D eigenvalue weighted by Crippen LogP contribution is -2.76. The molecule has 2 aliphatic rings. The average Bonchev–Trinajstić information content (AvgIpc) is 3.02. The Bertz CT molecular complexity index is 1640. The van der Waals surface area contributed by atoms with Crippen LogP contribution in [0.2, 0.25) is 0 Å². The van der Waals surface area contributed by atoms with Gasteiger partial charge in [0.2, 0.25) is 11.8 Å². The molecule has 3 heterocycles. The molecule has 238 valence electrons. The maximum Gasteiger partial charge on any atom is 0.334 e. The highest BCUT2D eigenvalue weighted by Crippen LogP contribution is 2.29. The molecular formula is C36H40N6O4. The largest absolute Gasteiger partial charge is 0.508 e. The number of fused-ring (bicyclic) bond motifs is 1. The first-order valence-corrected chi connectivity index (χ1v) is 15.4. The number of piperazine rings is 1. The summed E-state index contributed by atoms with van der Waals surface area (Å²) in [5.41, 5.74) is 2.76. The van der Waals surface area contributed by atoms with Gasteiger partial charge in [0.15, 0.2) is 0 Å². The lowest BCUT2D eigenvalue weighted by Gasteiger charge is -2.55. The fourth-order valence-corrected chi connectivity index (χ4v) is 5.64. The first-order chi connectivity index (χ1) is 22.0. The normalized spacial score (nSPS) is 18.5. The maximum absolute atomic E-state index is 14.2. The topological polar surface area (TPSA) is 109 Å². The number of amides is 4. The summed E-state index contributed by atoms with van der Waals surface area (Å²) < 4.78 is 0. The third-order valence-electron chi connectivity index (χ3n) is 7.76. The van der Waals surface area contributed by atoms with E-state index in [4.69, 9.17) is 4.98 Å². The van der Waals surface area contributed by atoms with Gasteiger partial charge in [-0.15, -0.1) is 6.58 Å². The second-order valence-corrected chi connectivity index (χ2v) is 12.5. The van der Waals surface area contributed by atoms with Crippen LogP contribution in [0.25, 0.3) is 0 Å². The van der Waals surface area contributed by atoms with Crippen LogP contribution in [-0.4, -0.2) is 79.6 Å². The van der Waals surface area contributed by atoms with Gasteiger partial charge in [0, 0.05) is 24.9 Å². The molecule has 46 heavy (non-hydrogen) atoms. The minimum Gasteiger partial charge on any atom is -0.508 e. The molecule has 3 aromatic rings. The second kappa shape index (κ2) is 13.9. The van der Waals surface area contributed by atoms with E-state index in [0.29, 0.717) is 17.9 Å². The molecule has 2 atom stereocenters. The number of carbonyl (C=O) groups excluding carboxylic acids is 3. The van der Waals surface area contributed by atoms with Crippen LogP contribution < -0.4 is 5.32 Å². The lowest BCUT2D eigenvalue weighted by atomic mass is 9.98. The smallest absolute Gasteiger partial charge is 0.334 e. The number of hydrogen-bond acceptors (Lipinski definition) is 6. The molecule has 0 aliphatic carbocycles. The number of nitrogens with one attached hydrogen (secondary N) is 1. The first-order valence-electron chi connectivity index (χ1n) is 15.4. The summed E-state index contributed by atoms with van der Waals surface area (Å²) in [5, 5.41) is 16.1. The van der Waals surface area contributed by atoms with Gasteiger partial charge in [0.1, 0.15) is 23.7 Å². The van der Waals surface area contributed by atoms with Crippen LogP contribution in [-0.2, 0) is 29.1 Å². The molecule has 4 amide bonds. The number of aromatic nitrogens is 1. The van der Waals surface area contributed by atoms with Gasteiger partial charge in [-0.2, -0.15) is 0 Å². The summed E-state index contributed by atoms with van der Waals surface area (Å²) in [6, 6.07) is 20.4. The van der Waals surface area contributed by atoms with Crippen LogP contribution in [0.15, 0.2) is 85.5 Å². The molecule has 2 fully saturated rings. The Morgan fingerprint density at radius 1 is 1.04 bits per heavy atom. The number of hydrazine groups is 1. The van der Waals surface area contributed by atoms with Crippen molar-refractivity contribution in [3.8, 4) is 17.6 Å². The Hall–Kier alpha value is -5.14. The van der Waals surface area contributed by atoms with Crippen molar-refractivity contribution in [3.63, 3.8) is 0 Å². The Morgan fingerprint density at radius 3 is 2.48 bits per heavy atom. The second-order valence-electron chi connectivity index (χ2n) is 12.5. The van der Waals surface area contributed by atoms with E-state index in [1.165, 1.54) is 0 Å². The molecule has 0 bridgehead atoms. The van der Waals surface area contributed by atoms with Crippen molar-refractivity contribution in [1.82, 2.24) is 30.1 Å². The maximum atomic E-state index is 14.2. The third kappa shape index (κ3) is 7.73. The molecule has 0 unspecified atom stereocenters. The molecule has 0 spiro atoms. The van der Waals surface area contributed by atoms with Gasteiger partial charge in [-0.05, 0) is 62.1 Å². The molecule has 2 aliphatic heterocycles. The molecule has 10 heteroatoms. The Labute approximate surface area is 270 Å². The van der Waals surface area contributed by atoms with E-state index in [0.717, 1.165) is 11.1 Å². The van der Waals surface area contributed by atoms with E-state index >= 15 is 0 Å². The number of phenolic OH excluding ortho intramolecular Hbond substituents is 1. The zero-order valence-corrected chi connectivity index (χ0v) is 26.5. The Balaban J connectivity index is 1.49. The number of benzene rings is 2. The van der Waals surface area contributed by atoms with Gasteiger partial charge >= 0.3 is 6.03 Å². The van der Waals surface area contributed by atoms with E-state index < -0.39 is 12.2 Å². The molecular weight excluding hydrogens is 580 g/mol. The predicted octanol–water partition coefficient (Wildman–Crippen LogP) is 3.92. The van der Waals surface area contributed by atoms with E-state index in [-0.39, 0.29) is 61.6 Å². The van der Waals surface area contributed by atoms with Crippen molar-refractivity contribution in [2.24, 2.45) is 5.41 Å². The quantitative estimate of drug-likeness (QED) is 0.292. The highest BCUT2D eigenvalue weighted by molar-refractivity contribution is 5.91. The molecule has 0 saturated carbocycles. The molecule has 1 aromatic heterocycles. The van der Waals surface area contributed by atoms with Crippen molar-refractivity contribution < 1.29 is 19.5 Å². The molecule has 0 radical (unpaired) electrons. The molecule has 10 nitrogen and oxygen atoms in total. The summed E-state index contributed by atoms with van der Waals surface area (Å²) in [7, 11) is 0. The van der Waals surface area contributed by atoms with Crippen LogP contribution in [0.4, 0.5) is 4.79 Å². The number of carbonyl (C=O) groups is 3. The number of pyridine rings is 1. The zero-order valence-electron chi connectivity index (χ0n) is 26.5. The highest BCUT2D eigenvalue weighted by atomic mass is 16.3.